The van der Waals surface area contributed by atoms with E-state index in [1.807, 2.05) is 31.2 Å². The molecule has 1 amide bonds. The monoisotopic (exact) mass is 270 g/mol. The van der Waals surface area contributed by atoms with Gasteiger partial charge in [-0.15, -0.1) is 0 Å². The van der Waals surface area contributed by atoms with Crippen molar-refractivity contribution in [1.29, 1.82) is 0 Å². The number of ether oxygens (including phenoxy) is 1. The van der Waals surface area contributed by atoms with Gasteiger partial charge in [0.2, 0.25) is 5.88 Å². The number of amides is 1. The highest BCUT2D eigenvalue weighted by atomic mass is 16.5. The molecule has 0 radical (unpaired) electrons. The van der Waals surface area contributed by atoms with Crippen LogP contribution in [0.3, 0.4) is 0 Å². The number of benzene rings is 1. The molecule has 1 aromatic heterocycles. The standard InChI is InChI=1S/C16H18N2O2/c1-12-7-4-5-8-13(12)11-18(2)16(19)14-9-6-10-17-15(14)20-3/h4-10H,11H2,1-3H3. The largest absolute Gasteiger partial charge is 0.480 e. The Morgan fingerprint density at radius 2 is 2.00 bits per heavy atom. The molecule has 20 heavy (non-hydrogen) atoms. The highest BCUT2D eigenvalue weighted by Gasteiger charge is 2.17. The van der Waals surface area contributed by atoms with Gasteiger partial charge < -0.3 is 9.64 Å². The lowest BCUT2D eigenvalue weighted by Gasteiger charge is -2.19. The Hall–Kier alpha value is -2.36. The first-order valence-corrected chi connectivity index (χ1v) is 6.42. The first-order chi connectivity index (χ1) is 9.63. The first-order valence-electron chi connectivity index (χ1n) is 6.42. The van der Waals surface area contributed by atoms with E-state index in [9.17, 15) is 4.79 Å². The van der Waals surface area contributed by atoms with Gasteiger partial charge in [0.05, 0.1) is 7.11 Å². The molecule has 0 unspecified atom stereocenters. The van der Waals surface area contributed by atoms with Crippen LogP contribution in [0.15, 0.2) is 42.6 Å². The molecular weight excluding hydrogens is 252 g/mol. The third-order valence-corrected chi connectivity index (χ3v) is 3.21. The Morgan fingerprint density at radius 1 is 1.25 bits per heavy atom. The molecule has 0 bridgehead atoms. The van der Waals surface area contributed by atoms with Crippen molar-refractivity contribution in [1.82, 2.24) is 9.88 Å². The van der Waals surface area contributed by atoms with Crippen molar-refractivity contribution in [3.8, 4) is 5.88 Å². The van der Waals surface area contributed by atoms with Crippen LogP contribution in [0.1, 0.15) is 21.5 Å². The van der Waals surface area contributed by atoms with Crippen LogP contribution in [-0.2, 0) is 6.54 Å². The molecule has 0 aliphatic carbocycles. The van der Waals surface area contributed by atoms with Gasteiger partial charge >= 0.3 is 0 Å². The zero-order chi connectivity index (χ0) is 14.5. The summed E-state index contributed by atoms with van der Waals surface area (Å²) in [7, 11) is 3.29. The number of hydrogen-bond donors (Lipinski definition) is 0. The number of pyridine rings is 1. The van der Waals surface area contributed by atoms with Crippen molar-refractivity contribution >= 4 is 5.91 Å². The molecule has 2 rings (SSSR count). The Kier molecular flexibility index (Phi) is 4.35. The summed E-state index contributed by atoms with van der Waals surface area (Å²) in [5, 5.41) is 0. The minimum atomic E-state index is -0.0989. The molecule has 0 saturated carbocycles. The molecule has 4 nitrogen and oxygen atoms in total. The van der Waals surface area contributed by atoms with Gasteiger partial charge in [0.1, 0.15) is 5.56 Å². The van der Waals surface area contributed by atoms with Crippen LogP contribution >= 0.6 is 0 Å². The Bertz CT molecular complexity index is 611. The molecule has 4 heteroatoms. The van der Waals surface area contributed by atoms with E-state index < -0.39 is 0 Å². The van der Waals surface area contributed by atoms with E-state index >= 15 is 0 Å². The minimum Gasteiger partial charge on any atom is -0.480 e. The number of carbonyl (C=O) groups excluding carboxylic acids is 1. The fourth-order valence-corrected chi connectivity index (χ4v) is 2.04. The fourth-order valence-electron chi connectivity index (χ4n) is 2.04. The average Bonchev–Trinajstić information content (AvgIpc) is 2.48. The molecule has 0 aliphatic rings. The smallest absolute Gasteiger partial charge is 0.259 e. The summed E-state index contributed by atoms with van der Waals surface area (Å²) in [5.74, 6) is 0.257. The van der Waals surface area contributed by atoms with Crippen LogP contribution in [0, 0.1) is 6.92 Å². The Morgan fingerprint density at radius 3 is 2.70 bits per heavy atom. The maximum absolute atomic E-state index is 12.4. The summed E-state index contributed by atoms with van der Waals surface area (Å²) in [6, 6.07) is 11.5. The van der Waals surface area contributed by atoms with Gasteiger partial charge in [0, 0.05) is 19.8 Å². The number of carbonyl (C=O) groups is 1. The number of aryl methyl sites for hydroxylation is 1. The number of nitrogens with zero attached hydrogens (tertiary/aromatic N) is 2. The number of methoxy groups -OCH3 is 1. The Balaban J connectivity index is 2.19. The predicted molar refractivity (Wildman–Crippen MR) is 77.8 cm³/mol. The molecule has 0 atom stereocenters. The predicted octanol–water partition coefficient (Wildman–Crippen LogP) is 2.67. The summed E-state index contributed by atoms with van der Waals surface area (Å²) in [6.45, 7) is 2.60. The normalized spacial score (nSPS) is 10.2. The number of aromatic nitrogens is 1. The third-order valence-electron chi connectivity index (χ3n) is 3.21. The molecule has 1 heterocycles. The summed E-state index contributed by atoms with van der Waals surface area (Å²) < 4.78 is 5.13. The van der Waals surface area contributed by atoms with Crippen molar-refractivity contribution in [3.05, 3.63) is 59.3 Å². The molecule has 0 aliphatic heterocycles. The fraction of sp³-hybridized carbons (Fsp3) is 0.250. The van der Waals surface area contributed by atoms with E-state index in [-0.39, 0.29) is 5.91 Å². The maximum Gasteiger partial charge on any atom is 0.259 e. The van der Waals surface area contributed by atoms with Crippen molar-refractivity contribution in [3.63, 3.8) is 0 Å². The van der Waals surface area contributed by atoms with E-state index in [1.54, 1.807) is 30.3 Å². The van der Waals surface area contributed by atoms with Gasteiger partial charge in [-0.2, -0.15) is 0 Å². The van der Waals surface area contributed by atoms with E-state index in [0.29, 0.717) is 18.0 Å². The SMILES string of the molecule is COc1ncccc1C(=O)N(C)Cc1ccccc1C. The lowest BCUT2D eigenvalue weighted by molar-refractivity contribution is 0.0780. The van der Waals surface area contributed by atoms with Crippen LogP contribution in [0.2, 0.25) is 0 Å². The number of hydrogen-bond acceptors (Lipinski definition) is 3. The molecule has 2 aromatic rings. The third kappa shape index (κ3) is 2.96. The second-order valence-electron chi connectivity index (χ2n) is 4.65. The van der Waals surface area contributed by atoms with Crippen molar-refractivity contribution in [2.45, 2.75) is 13.5 Å². The van der Waals surface area contributed by atoms with Crippen molar-refractivity contribution in [2.75, 3.05) is 14.2 Å². The highest BCUT2D eigenvalue weighted by Crippen LogP contribution is 2.17. The Labute approximate surface area is 119 Å². The topological polar surface area (TPSA) is 42.4 Å². The van der Waals surface area contributed by atoms with E-state index in [1.165, 1.54) is 12.7 Å². The quantitative estimate of drug-likeness (QED) is 0.857. The number of rotatable bonds is 4. The molecular formula is C16H18N2O2. The van der Waals surface area contributed by atoms with Gasteiger partial charge in [-0.25, -0.2) is 4.98 Å². The van der Waals surface area contributed by atoms with Gasteiger partial charge in [-0.3, -0.25) is 4.79 Å². The molecule has 104 valence electrons. The molecule has 1 aromatic carbocycles. The minimum absolute atomic E-state index is 0.0989. The maximum atomic E-state index is 12.4. The van der Waals surface area contributed by atoms with Crippen LogP contribution in [0.25, 0.3) is 0 Å². The lowest BCUT2D eigenvalue weighted by atomic mass is 10.1. The zero-order valence-electron chi connectivity index (χ0n) is 12.0. The van der Waals surface area contributed by atoms with E-state index in [2.05, 4.69) is 4.98 Å². The summed E-state index contributed by atoms with van der Waals surface area (Å²) in [5.41, 5.74) is 2.78. The molecule has 0 N–H and O–H groups in total. The molecule has 0 fully saturated rings. The average molecular weight is 270 g/mol. The summed E-state index contributed by atoms with van der Waals surface area (Å²) in [6.07, 6.45) is 1.61. The van der Waals surface area contributed by atoms with Gasteiger partial charge in [-0.1, -0.05) is 24.3 Å². The van der Waals surface area contributed by atoms with Gasteiger partial charge in [0.15, 0.2) is 0 Å². The van der Waals surface area contributed by atoms with Crippen LogP contribution in [0.5, 0.6) is 5.88 Å². The summed E-state index contributed by atoms with van der Waals surface area (Å²) in [4.78, 5) is 18.2. The molecule has 0 spiro atoms. The highest BCUT2D eigenvalue weighted by molar-refractivity contribution is 5.96. The lowest BCUT2D eigenvalue weighted by Crippen LogP contribution is -2.27. The van der Waals surface area contributed by atoms with E-state index in [4.69, 9.17) is 4.74 Å². The second-order valence-corrected chi connectivity index (χ2v) is 4.65. The second kappa shape index (κ2) is 6.19. The van der Waals surface area contributed by atoms with Crippen LogP contribution in [0.4, 0.5) is 0 Å². The van der Waals surface area contributed by atoms with Crippen molar-refractivity contribution < 1.29 is 9.53 Å². The van der Waals surface area contributed by atoms with Crippen LogP contribution in [-0.4, -0.2) is 29.9 Å². The molecule has 0 saturated heterocycles. The first kappa shape index (κ1) is 14.1. The zero-order valence-corrected chi connectivity index (χ0v) is 12.0. The summed E-state index contributed by atoms with van der Waals surface area (Å²) >= 11 is 0. The van der Waals surface area contributed by atoms with Gasteiger partial charge in [-0.05, 0) is 30.2 Å². The van der Waals surface area contributed by atoms with Gasteiger partial charge in [0.25, 0.3) is 5.91 Å². The van der Waals surface area contributed by atoms with E-state index in [0.717, 1.165) is 5.56 Å². The van der Waals surface area contributed by atoms with Crippen molar-refractivity contribution in [2.24, 2.45) is 0 Å². The van der Waals surface area contributed by atoms with Crippen LogP contribution < -0.4 is 4.74 Å².